The number of carbonyl (C=O) groups is 1. The van der Waals surface area contributed by atoms with Crippen molar-refractivity contribution < 1.29 is 28.8 Å². The standard InChI is InChI=1S/C19H29NO6/c1-19(2,3)26-18(22)20-11-14(21)6-7-17(20)25-12-13-8-15(23-4)10-16(9-13)24-5/h8-10,14,17,21H,6-7,11-12H2,1-5H3. The number of rotatable bonds is 5. The number of piperidine rings is 1. The number of nitrogens with zero attached hydrogens (tertiary/aromatic N) is 1. The van der Waals surface area contributed by atoms with Crippen LogP contribution in [0.15, 0.2) is 18.2 Å². The molecule has 1 aromatic rings. The van der Waals surface area contributed by atoms with Gasteiger partial charge in [-0.25, -0.2) is 4.79 Å². The van der Waals surface area contributed by atoms with E-state index in [0.29, 0.717) is 24.3 Å². The summed E-state index contributed by atoms with van der Waals surface area (Å²) in [4.78, 5) is 13.9. The number of aliphatic hydroxyl groups excluding tert-OH is 1. The molecule has 1 heterocycles. The first-order valence-corrected chi connectivity index (χ1v) is 8.73. The van der Waals surface area contributed by atoms with Gasteiger partial charge in [-0.2, -0.15) is 0 Å². The molecule has 0 bridgehead atoms. The lowest BCUT2D eigenvalue weighted by Crippen LogP contribution is -2.51. The molecule has 26 heavy (non-hydrogen) atoms. The lowest BCUT2D eigenvalue weighted by molar-refractivity contribution is -0.111. The third-order valence-electron chi connectivity index (χ3n) is 3.98. The zero-order valence-electron chi connectivity index (χ0n) is 16.2. The minimum atomic E-state index is -0.607. The van der Waals surface area contributed by atoms with Gasteiger partial charge in [0, 0.05) is 6.07 Å². The maximum Gasteiger partial charge on any atom is 0.412 e. The number of hydrogen-bond acceptors (Lipinski definition) is 6. The maximum absolute atomic E-state index is 12.5. The minimum absolute atomic E-state index is 0.195. The normalized spacial score (nSPS) is 20.6. The van der Waals surface area contributed by atoms with Crippen molar-refractivity contribution in [1.29, 1.82) is 0 Å². The predicted octanol–water partition coefficient (Wildman–Crippen LogP) is 2.94. The van der Waals surface area contributed by atoms with Crippen LogP contribution < -0.4 is 9.47 Å². The molecule has 0 saturated carbocycles. The van der Waals surface area contributed by atoms with Crippen LogP contribution in [0.3, 0.4) is 0 Å². The van der Waals surface area contributed by atoms with E-state index in [1.807, 2.05) is 32.9 Å². The molecule has 1 saturated heterocycles. The Kier molecular flexibility index (Phi) is 6.72. The molecule has 0 spiro atoms. The van der Waals surface area contributed by atoms with E-state index >= 15 is 0 Å². The molecule has 7 heteroatoms. The van der Waals surface area contributed by atoms with E-state index in [1.165, 1.54) is 4.90 Å². The van der Waals surface area contributed by atoms with Crippen molar-refractivity contribution in [2.45, 2.75) is 58.2 Å². The number of ether oxygens (including phenoxy) is 4. The molecule has 2 atom stereocenters. The number of hydrogen-bond donors (Lipinski definition) is 1. The van der Waals surface area contributed by atoms with Crippen molar-refractivity contribution in [2.24, 2.45) is 0 Å². The Labute approximate surface area is 154 Å². The maximum atomic E-state index is 12.5. The van der Waals surface area contributed by atoms with Crippen molar-refractivity contribution >= 4 is 6.09 Å². The number of likely N-dealkylation sites (tertiary alicyclic amines) is 1. The fourth-order valence-electron chi connectivity index (χ4n) is 2.75. The van der Waals surface area contributed by atoms with E-state index in [1.54, 1.807) is 20.3 Å². The average Bonchev–Trinajstić information content (AvgIpc) is 2.58. The minimum Gasteiger partial charge on any atom is -0.497 e. The van der Waals surface area contributed by atoms with E-state index < -0.39 is 24.0 Å². The molecule has 1 aromatic carbocycles. The summed E-state index contributed by atoms with van der Waals surface area (Å²) in [6, 6.07) is 5.50. The first-order valence-electron chi connectivity index (χ1n) is 8.73. The highest BCUT2D eigenvalue weighted by Crippen LogP contribution is 2.26. The van der Waals surface area contributed by atoms with Gasteiger partial charge in [0.15, 0.2) is 0 Å². The summed E-state index contributed by atoms with van der Waals surface area (Å²) in [5, 5.41) is 9.93. The third kappa shape index (κ3) is 5.78. The van der Waals surface area contributed by atoms with Gasteiger partial charge >= 0.3 is 6.09 Å². The van der Waals surface area contributed by atoms with E-state index in [0.717, 1.165) is 5.56 Å². The lowest BCUT2D eigenvalue weighted by Gasteiger charge is -2.38. The molecule has 1 aliphatic heterocycles. The van der Waals surface area contributed by atoms with Gasteiger partial charge in [0.2, 0.25) is 0 Å². The van der Waals surface area contributed by atoms with Gasteiger partial charge in [0.1, 0.15) is 23.3 Å². The molecular formula is C19H29NO6. The van der Waals surface area contributed by atoms with E-state index in [9.17, 15) is 9.90 Å². The molecule has 1 N–H and O–H groups in total. The van der Waals surface area contributed by atoms with Gasteiger partial charge in [-0.05, 0) is 51.3 Å². The highest BCUT2D eigenvalue weighted by Gasteiger charge is 2.34. The third-order valence-corrected chi connectivity index (χ3v) is 3.98. The first-order chi connectivity index (χ1) is 12.2. The topological polar surface area (TPSA) is 77.5 Å². The van der Waals surface area contributed by atoms with Gasteiger partial charge in [0.05, 0.1) is 33.5 Å². The molecule has 7 nitrogen and oxygen atoms in total. The fraction of sp³-hybridized carbons (Fsp3) is 0.632. The second kappa shape index (κ2) is 8.60. The van der Waals surface area contributed by atoms with Crippen LogP contribution in [0.1, 0.15) is 39.2 Å². The van der Waals surface area contributed by atoms with Gasteiger partial charge in [0.25, 0.3) is 0 Å². The molecule has 1 amide bonds. The van der Waals surface area contributed by atoms with Crippen LogP contribution in [0, 0.1) is 0 Å². The van der Waals surface area contributed by atoms with Gasteiger partial charge in [-0.1, -0.05) is 0 Å². The zero-order valence-corrected chi connectivity index (χ0v) is 16.2. The van der Waals surface area contributed by atoms with Crippen LogP contribution in [0.5, 0.6) is 11.5 Å². The molecule has 0 aromatic heterocycles. The highest BCUT2D eigenvalue weighted by molar-refractivity contribution is 5.68. The summed E-state index contributed by atoms with van der Waals surface area (Å²) < 4.78 is 21.9. The van der Waals surface area contributed by atoms with Crippen LogP contribution in [0.4, 0.5) is 4.79 Å². The van der Waals surface area contributed by atoms with Crippen LogP contribution in [0.25, 0.3) is 0 Å². The summed E-state index contributed by atoms with van der Waals surface area (Å²) in [5.41, 5.74) is 0.265. The fourth-order valence-corrected chi connectivity index (χ4v) is 2.75. The van der Waals surface area contributed by atoms with Crippen LogP contribution in [-0.2, 0) is 16.1 Å². The number of β-amino-alcohol motifs (C(OH)–C–C–N with tert-alkyl or cyclic N) is 1. The van der Waals surface area contributed by atoms with E-state index in [2.05, 4.69) is 0 Å². The molecule has 146 valence electrons. The summed E-state index contributed by atoms with van der Waals surface area (Å²) >= 11 is 0. The number of benzene rings is 1. The molecule has 2 unspecified atom stereocenters. The van der Waals surface area contributed by atoms with Crippen LogP contribution in [-0.4, -0.2) is 54.8 Å². The smallest absolute Gasteiger partial charge is 0.412 e. The number of aliphatic hydroxyl groups is 1. The predicted molar refractivity (Wildman–Crippen MR) is 96.3 cm³/mol. The number of amides is 1. The van der Waals surface area contributed by atoms with Gasteiger partial charge in [-0.15, -0.1) is 0 Å². The van der Waals surface area contributed by atoms with Crippen LogP contribution >= 0.6 is 0 Å². The van der Waals surface area contributed by atoms with E-state index in [-0.39, 0.29) is 13.2 Å². The molecule has 1 aliphatic rings. The Bertz CT molecular complexity index is 590. The van der Waals surface area contributed by atoms with E-state index in [4.69, 9.17) is 18.9 Å². The van der Waals surface area contributed by atoms with Crippen molar-refractivity contribution in [2.75, 3.05) is 20.8 Å². The Morgan fingerprint density at radius 3 is 2.31 bits per heavy atom. The molecular weight excluding hydrogens is 338 g/mol. The van der Waals surface area contributed by atoms with Crippen molar-refractivity contribution in [3.63, 3.8) is 0 Å². The summed E-state index contributed by atoms with van der Waals surface area (Å²) in [6.45, 7) is 5.91. The zero-order chi connectivity index (χ0) is 19.3. The Morgan fingerprint density at radius 1 is 1.15 bits per heavy atom. The van der Waals surface area contributed by atoms with Crippen LogP contribution in [0.2, 0.25) is 0 Å². The van der Waals surface area contributed by atoms with Gasteiger partial charge in [-0.3, -0.25) is 4.90 Å². The summed E-state index contributed by atoms with van der Waals surface area (Å²) in [6.07, 6.45) is -0.387. The Morgan fingerprint density at radius 2 is 1.77 bits per heavy atom. The lowest BCUT2D eigenvalue weighted by atomic mass is 10.1. The monoisotopic (exact) mass is 367 g/mol. The largest absolute Gasteiger partial charge is 0.497 e. The molecule has 0 aliphatic carbocycles. The van der Waals surface area contributed by atoms with Crippen molar-refractivity contribution in [1.82, 2.24) is 4.90 Å². The first kappa shape index (κ1) is 20.3. The summed E-state index contributed by atoms with van der Waals surface area (Å²) in [7, 11) is 3.18. The molecule has 1 fully saturated rings. The van der Waals surface area contributed by atoms with Crippen molar-refractivity contribution in [3.05, 3.63) is 23.8 Å². The van der Waals surface area contributed by atoms with Crippen molar-refractivity contribution in [3.8, 4) is 11.5 Å². The van der Waals surface area contributed by atoms with Gasteiger partial charge < -0.3 is 24.1 Å². The summed E-state index contributed by atoms with van der Waals surface area (Å²) in [5.74, 6) is 1.34. The molecule has 0 radical (unpaired) electrons. The molecule has 2 rings (SSSR count). The average molecular weight is 367 g/mol. The highest BCUT2D eigenvalue weighted by atomic mass is 16.6. The number of methoxy groups -OCH3 is 2. The Hall–Kier alpha value is -1.99. The second-order valence-corrected chi connectivity index (χ2v) is 7.35. The SMILES string of the molecule is COc1cc(COC2CCC(O)CN2C(=O)OC(C)(C)C)cc(OC)c1. The second-order valence-electron chi connectivity index (χ2n) is 7.35. The number of carbonyl (C=O) groups excluding carboxylic acids is 1. The Balaban J connectivity index is 2.07. The quantitative estimate of drug-likeness (QED) is 0.862.